The molecule has 0 saturated carbocycles. The zero-order valence-corrected chi connectivity index (χ0v) is 17.3. The smallest absolute Gasteiger partial charge is 0.261 e. The minimum atomic E-state index is -0.523. The second kappa shape index (κ2) is 8.73. The lowest BCUT2D eigenvalue weighted by atomic mass is 9.97. The first-order valence-corrected chi connectivity index (χ1v) is 8.90. The Kier molecular flexibility index (Phi) is 7.16. The number of halogens is 3. The predicted molar refractivity (Wildman–Crippen MR) is 106 cm³/mol. The SMILES string of the molecule is Br.O=C(C[C@@H]1NCCC[C@H]1O)Cn1cn[13c]2[13cH][13c](Br)[13c](Cl)[13cH][13c]2c1=O. The van der Waals surface area contributed by atoms with Crippen LogP contribution in [0.4, 0.5) is 0 Å². The lowest BCUT2D eigenvalue weighted by molar-refractivity contribution is -0.121. The maximum atomic E-state index is 12.5. The number of nitrogens with zero attached hydrogens (tertiary/aromatic N) is 2. The number of aliphatic hydroxyl groups is 1. The Hall–Kier alpha value is -0.800. The van der Waals surface area contributed by atoms with Gasteiger partial charge in [-0.25, -0.2) is 4.98 Å². The summed E-state index contributed by atoms with van der Waals surface area (Å²) >= 11 is 9.33. The van der Waals surface area contributed by atoms with E-state index < -0.39 is 6.10 Å². The van der Waals surface area contributed by atoms with Crippen LogP contribution < -0.4 is 10.9 Å². The fraction of sp³-hybridized carbons (Fsp3) is 0.438. The van der Waals surface area contributed by atoms with Gasteiger partial charge in [0.25, 0.3) is 5.56 Å². The largest absolute Gasteiger partial charge is 0.391 e. The van der Waals surface area contributed by atoms with Gasteiger partial charge in [0.1, 0.15) is 0 Å². The molecule has 1 fully saturated rings. The number of hydrogen-bond acceptors (Lipinski definition) is 5. The third-order valence-electron chi connectivity index (χ3n) is 4.21. The molecule has 0 amide bonds. The molecule has 3 rings (SSSR count). The molecule has 0 spiro atoms. The van der Waals surface area contributed by atoms with E-state index in [2.05, 4.69) is 26.2 Å². The Morgan fingerprint density at radius 1 is 1.48 bits per heavy atom. The molecule has 1 aromatic heterocycles. The second-order valence-electron chi connectivity index (χ2n) is 5.97. The summed E-state index contributed by atoms with van der Waals surface area (Å²) in [6, 6.07) is 2.97. The highest BCUT2D eigenvalue weighted by molar-refractivity contribution is 9.10. The van der Waals surface area contributed by atoms with Crippen LogP contribution in [0.15, 0.2) is 27.7 Å². The van der Waals surface area contributed by atoms with Gasteiger partial charge < -0.3 is 10.4 Å². The predicted octanol–water partition coefficient (Wildman–Crippen LogP) is 2.46. The molecule has 2 atom stereocenters. The summed E-state index contributed by atoms with van der Waals surface area (Å²) in [5.74, 6) is -0.125. The van der Waals surface area contributed by atoms with Crippen molar-refractivity contribution in [1.29, 1.82) is 0 Å². The van der Waals surface area contributed by atoms with Gasteiger partial charge in [-0.05, 0) is 47.4 Å². The highest BCUT2D eigenvalue weighted by atomic mass is 79.9. The molecule has 0 unspecified atom stereocenters. The molecule has 2 aromatic rings. The third-order valence-corrected chi connectivity index (χ3v) is 5.41. The van der Waals surface area contributed by atoms with Crippen molar-refractivity contribution in [3.8, 4) is 0 Å². The molecule has 1 saturated heterocycles. The van der Waals surface area contributed by atoms with E-state index >= 15 is 0 Å². The molecule has 9 heteroatoms. The van der Waals surface area contributed by atoms with Crippen molar-refractivity contribution in [1.82, 2.24) is 14.9 Å². The van der Waals surface area contributed by atoms with Crippen LogP contribution in [0, 0.1) is 0 Å². The van der Waals surface area contributed by atoms with Crippen LogP contribution in [-0.4, -0.2) is 39.1 Å². The molecule has 0 radical (unpaired) electrons. The number of nitrogens with one attached hydrogen (secondary N) is 1. The molecule has 2 N–H and O–H groups in total. The van der Waals surface area contributed by atoms with Crippen LogP contribution in [0.25, 0.3) is 10.9 Å². The monoisotopic (exact) mass is 499 g/mol. The average molecular weight is 502 g/mol. The maximum Gasteiger partial charge on any atom is 0.261 e. The van der Waals surface area contributed by atoms with Crippen LogP contribution in [-0.2, 0) is 11.3 Å². The second-order valence-corrected chi connectivity index (χ2v) is 7.24. The van der Waals surface area contributed by atoms with E-state index in [9.17, 15) is 14.7 Å². The first kappa shape index (κ1) is 20.5. The lowest BCUT2D eigenvalue weighted by Gasteiger charge is -2.28. The number of aromatic nitrogens is 2. The molecule has 2 heterocycles. The minimum absolute atomic E-state index is 0. The van der Waals surface area contributed by atoms with Crippen LogP contribution in [0.1, 0.15) is 19.3 Å². The highest BCUT2D eigenvalue weighted by Gasteiger charge is 2.25. The van der Waals surface area contributed by atoms with E-state index in [1.54, 1.807) is 12.1 Å². The van der Waals surface area contributed by atoms with Crippen LogP contribution in [0.3, 0.4) is 0 Å². The Labute approximate surface area is 168 Å². The summed E-state index contributed by atoms with van der Waals surface area (Å²) in [6.45, 7) is 0.722. The lowest BCUT2D eigenvalue weighted by Crippen LogP contribution is -2.46. The summed E-state index contributed by atoms with van der Waals surface area (Å²) in [4.78, 5) is 29.0. The van der Waals surface area contributed by atoms with E-state index in [1.165, 1.54) is 10.9 Å². The van der Waals surface area contributed by atoms with Gasteiger partial charge in [0, 0.05) is 16.9 Å². The summed E-state index contributed by atoms with van der Waals surface area (Å²) in [6.07, 6.45) is 2.62. The number of ketones is 1. The number of carbonyl (C=O) groups is 1. The van der Waals surface area contributed by atoms with Crippen LogP contribution in [0.2, 0.25) is 5.02 Å². The highest BCUT2D eigenvalue weighted by Crippen LogP contribution is 2.25. The van der Waals surface area contributed by atoms with Crippen LogP contribution >= 0.6 is 44.5 Å². The number of aliphatic hydroxyl groups excluding tert-OH is 1. The Morgan fingerprint density at radius 3 is 2.96 bits per heavy atom. The van der Waals surface area contributed by atoms with Crippen LogP contribution in [0.5, 0.6) is 0 Å². The number of piperidine rings is 1. The van der Waals surface area contributed by atoms with Crippen molar-refractivity contribution < 1.29 is 9.90 Å². The Balaban J connectivity index is 0.00000225. The van der Waals surface area contributed by atoms with Crippen molar-refractivity contribution in [3.05, 3.63) is 38.3 Å². The summed E-state index contributed by atoms with van der Waals surface area (Å²) < 4.78 is 1.94. The van der Waals surface area contributed by atoms with E-state index in [0.29, 0.717) is 26.8 Å². The van der Waals surface area contributed by atoms with Gasteiger partial charge >= 0.3 is 0 Å². The van der Waals surface area contributed by atoms with Crippen molar-refractivity contribution in [3.63, 3.8) is 0 Å². The van der Waals surface area contributed by atoms with Gasteiger partial charge in [-0.2, -0.15) is 0 Å². The molecular weight excluding hydrogens is 483 g/mol. The molecular formula is C16H18Br2ClN3O3. The molecule has 0 bridgehead atoms. The number of hydrogen-bond donors (Lipinski definition) is 2. The van der Waals surface area contributed by atoms with Gasteiger partial charge in [0.15, 0.2) is 5.78 Å². The Morgan fingerprint density at radius 2 is 2.24 bits per heavy atom. The molecule has 6 nitrogen and oxygen atoms in total. The van der Waals surface area contributed by atoms with E-state index in [1.807, 2.05) is 0 Å². The maximum absolute atomic E-state index is 12.5. The fourth-order valence-corrected chi connectivity index (χ4v) is 3.40. The average Bonchev–Trinajstić information content (AvgIpc) is 2.54. The first-order valence-electron chi connectivity index (χ1n) is 7.73. The number of rotatable bonds is 4. The Bertz CT molecular complexity index is 843. The van der Waals surface area contributed by atoms with Crippen molar-refractivity contribution in [2.75, 3.05) is 6.54 Å². The van der Waals surface area contributed by atoms with E-state index in [-0.39, 0.29) is 47.3 Å². The molecule has 1 aliphatic heterocycles. The van der Waals surface area contributed by atoms with Crippen molar-refractivity contribution in [2.45, 2.75) is 38.0 Å². The summed E-state index contributed by atoms with van der Waals surface area (Å²) in [5, 5.41) is 13.9. The van der Waals surface area contributed by atoms with Gasteiger partial charge in [0.05, 0.1) is 34.9 Å². The molecule has 1 aromatic carbocycles. The quantitative estimate of drug-likeness (QED) is 0.673. The molecule has 25 heavy (non-hydrogen) atoms. The zero-order valence-electron chi connectivity index (χ0n) is 13.2. The summed E-state index contributed by atoms with van der Waals surface area (Å²) in [5.41, 5.74) is 0.212. The summed E-state index contributed by atoms with van der Waals surface area (Å²) in [7, 11) is 0. The van der Waals surface area contributed by atoms with Crippen molar-refractivity contribution >= 4 is 61.2 Å². The molecule has 136 valence electrons. The zero-order chi connectivity index (χ0) is 17.3. The topological polar surface area (TPSA) is 84.2 Å². The number of fused-ring (bicyclic) bond motifs is 1. The fourth-order valence-electron chi connectivity index (χ4n) is 2.91. The van der Waals surface area contributed by atoms with Crippen molar-refractivity contribution in [2.24, 2.45) is 0 Å². The third kappa shape index (κ3) is 4.68. The number of carbonyl (C=O) groups excluding carboxylic acids is 1. The van der Waals surface area contributed by atoms with E-state index in [4.69, 9.17) is 11.6 Å². The van der Waals surface area contributed by atoms with Gasteiger partial charge in [-0.15, -0.1) is 17.0 Å². The minimum Gasteiger partial charge on any atom is -0.391 e. The van der Waals surface area contributed by atoms with Gasteiger partial charge in [0.2, 0.25) is 0 Å². The molecule has 1 aliphatic rings. The standard InChI is InChI=1S/C16H17BrClN3O3.BrH/c17-11-6-13-10(5-12(11)18)16(24)21(8-20-13)7-9(22)4-14-15(23)2-1-3-19-14;/h5-6,8,14-15,19,23H,1-4,7H2;1H/t14-,15+;/m0./s1/i5+1,6+1,10+1,11+1,12+1,13+1;. The molecule has 0 aliphatic carbocycles. The number of Topliss-reactive ketones (excluding diaryl/α,β-unsaturated/α-hetero) is 1. The number of benzene rings is 1. The van der Waals surface area contributed by atoms with E-state index in [0.717, 1.165) is 13.0 Å². The normalized spacial score (nSPS) is 20.3. The van der Waals surface area contributed by atoms with Gasteiger partial charge in [-0.3, -0.25) is 14.2 Å². The first-order chi connectivity index (χ1) is 11.5. The van der Waals surface area contributed by atoms with Gasteiger partial charge in [-0.1, -0.05) is 11.6 Å².